The molecule has 2 heterocycles. The predicted molar refractivity (Wildman–Crippen MR) is 58.5 cm³/mol. The minimum absolute atomic E-state index is 0.632. The second-order valence-electron chi connectivity index (χ2n) is 4.16. The quantitative estimate of drug-likeness (QED) is 0.802. The summed E-state index contributed by atoms with van der Waals surface area (Å²) in [7, 11) is 2.00. The fourth-order valence-corrected chi connectivity index (χ4v) is 1.90. The first kappa shape index (κ1) is 10.6. The third-order valence-electron chi connectivity index (χ3n) is 2.96. The van der Waals surface area contributed by atoms with Gasteiger partial charge in [0.25, 0.3) is 0 Å². The average Bonchev–Trinajstić information content (AvgIpc) is 2.66. The van der Waals surface area contributed by atoms with Crippen LogP contribution in [0.5, 0.6) is 0 Å². The number of nitrogens with zero attached hydrogens (tertiary/aromatic N) is 2. The molecule has 1 fully saturated rings. The molecule has 4 nitrogen and oxygen atoms in total. The van der Waals surface area contributed by atoms with Gasteiger partial charge in [0.2, 0.25) is 0 Å². The third-order valence-corrected chi connectivity index (χ3v) is 2.96. The van der Waals surface area contributed by atoms with E-state index in [0.717, 1.165) is 31.4 Å². The molecule has 1 aromatic heterocycles. The summed E-state index contributed by atoms with van der Waals surface area (Å²) in [4.78, 5) is 4.22. The summed E-state index contributed by atoms with van der Waals surface area (Å²) >= 11 is 0. The Labute approximate surface area is 90.6 Å². The van der Waals surface area contributed by atoms with Crippen LogP contribution in [0.2, 0.25) is 0 Å². The molecule has 0 aromatic carbocycles. The minimum atomic E-state index is 0.632. The molecule has 1 N–H and O–H groups in total. The van der Waals surface area contributed by atoms with E-state index in [1.165, 1.54) is 12.8 Å². The van der Waals surface area contributed by atoms with Crippen LogP contribution in [0.3, 0.4) is 0 Å². The van der Waals surface area contributed by atoms with Crippen molar-refractivity contribution >= 4 is 0 Å². The molecule has 2 rings (SSSR count). The predicted octanol–water partition coefficient (Wildman–Crippen LogP) is 0.936. The lowest BCUT2D eigenvalue weighted by molar-refractivity contribution is 0.0711. The molecule has 1 aliphatic heterocycles. The molecular formula is C11H19N3O. The zero-order valence-electron chi connectivity index (χ0n) is 9.28. The summed E-state index contributed by atoms with van der Waals surface area (Å²) < 4.78 is 7.69. The molecule has 15 heavy (non-hydrogen) atoms. The van der Waals surface area contributed by atoms with Crippen molar-refractivity contribution in [2.75, 3.05) is 19.7 Å². The Hall–Kier alpha value is -0.870. The van der Waals surface area contributed by atoms with E-state index >= 15 is 0 Å². The van der Waals surface area contributed by atoms with Crippen molar-refractivity contribution in [1.29, 1.82) is 0 Å². The van der Waals surface area contributed by atoms with Crippen molar-refractivity contribution in [3.8, 4) is 0 Å². The zero-order valence-corrected chi connectivity index (χ0v) is 9.28. The van der Waals surface area contributed by atoms with E-state index in [2.05, 4.69) is 10.3 Å². The molecule has 0 bridgehead atoms. The second kappa shape index (κ2) is 5.28. The lowest BCUT2D eigenvalue weighted by Crippen LogP contribution is -2.30. The van der Waals surface area contributed by atoms with Crippen LogP contribution in [0.15, 0.2) is 12.4 Å². The van der Waals surface area contributed by atoms with Crippen LogP contribution in [-0.4, -0.2) is 29.2 Å². The van der Waals surface area contributed by atoms with Crippen molar-refractivity contribution < 1.29 is 4.74 Å². The molecule has 0 spiro atoms. The Morgan fingerprint density at radius 3 is 3.00 bits per heavy atom. The Morgan fingerprint density at radius 2 is 2.33 bits per heavy atom. The van der Waals surface area contributed by atoms with Gasteiger partial charge in [-0.3, -0.25) is 0 Å². The number of aryl methyl sites for hydroxylation is 1. The Kier molecular flexibility index (Phi) is 3.75. The van der Waals surface area contributed by atoms with E-state index < -0.39 is 0 Å². The van der Waals surface area contributed by atoms with E-state index in [9.17, 15) is 0 Å². The normalized spacial score (nSPS) is 18.2. The van der Waals surface area contributed by atoms with Gasteiger partial charge in [-0.2, -0.15) is 0 Å². The Morgan fingerprint density at radius 1 is 1.53 bits per heavy atom. The van der Waals surface area contributed by atoms with Crippen molar-refractivity contribution in [2.24, 2.45) is 13.0 Å². The lowest BCUT2D eigenvalue weighted by atomic mass is 9.99. The molecule has 0 radical (unpaired) electrons. The highest BCUT2D eigenvalue weighted by Crippen LogP contribution is 2.12. The fraction of sp³-hybridized carbons (Fsp3) is 0.727. The van der Waals surface area contributed by atoms with Crippen LogP contribution < -0.4 is 5.32 Å². The van der Waals surface area contributed by atoms with Crippen LogP contribution in [0, 0.1) is 5.92 Å². The first-order valence-electron chi connectivity index (χ1n) is 5.61. The van der Waals surface area contributed by atoms with Gasteiger partial charge in [0.15, 0.2) is 0 Å². The van der Waals surface area contributed by atoms with Gasteiger partial charge < -0.3 is 14.6 Å². The van der Waals surface area contributed by atoms with Gasteiger partial charge in [-0.1, -0.05) is 0 Å². The summed E-state index contributed by atoms with van der Waals surface area (Å²) in [5, 5.41) is 3.36. The molecule has 0 amide bonds. The largest absolute Gasteiger partial charge is 0.373 e. The molecular weight excluding hydrogens is 190 g/mol. The van der Waals surface area contributed by atoms with Crippen molar-refractivity contribution in [3.63, 3.8) is 0 Å². The summed E-state index contributed by atoms with van der Waals surface area (Å²) in [6.45, 7) is 3.77. The summed E-state index contributed by atoms with van der Waals surface area (Å²) in [5.74, 6) is 1.73. The van der Waals surface area contributed by atoms with Gasteiger partial charge in [0.1, 0.15) is 12.4 Å². The molecule has 1 saturated heterocycles. The molecule has 1 aromatic rings. The summed E-state index contributed by atoms with van der Waals surface area (Å²) in [5.41, 5.74) is 0. The molecule has 1 aliphatic rings. The van der Waals surface area contributed by atoms with Crippen molar-refractivity contribution in [3.05, 3.63) is 18.2 Å². The highest BCUT2D eigenvalue weighted by Gasteiger charge is 2.13. The number of ether oxygens (including phenoxy) is 1. The van der Waals surface area contributed by atoms with Gasteiger partial charge in [-0.25, -0.2) is 4.98 Å². The second-order valence-corrected chi connectivity index (χ2v) is 4.16. The number of piperidine rings is 1. The van der Waals surface area contributed by atoms with E-state index in [0.29, 0.717) is 6.61 Å². The summed E-state index contributed by atoms with van der Waals surface area (Å²) in [6.07, 6.45) is 6.23. The number of rotatable bonds is 4. The van der Waals surface area contributed by atoms with Gasteiger partial charge >= 0.3 is 0 Å². The maximum Gasteiger partial charge on any atom is 0.134 e. The zero-order chi connectivity index (χ0) is 10.5. The highest BCUT2D eigenvalue weighted by atomic mass is 16.5. The van der Waals surface area contributed by atoms with Crippen LogP contribution in [-0.2, 0) is 18.4 Å². The number of hydrogen-bond donors (Lipinski definition) is 1. The van der Waals surface area contributed by atoms with Crippen LogP contribution in [0.25, 0.3) is 0 Å². The maximum absolute atomic E-state index is 5.69. The third kappa shape index (κ3) is 3.04. The molecule has 0 unspecified atom stereocenters. The first-order valence-corrected chi connectivity index (χ1v) is 5.61. The average molecular weight is 209 g/mol. The van der Waals surface area contributed by atoms with Crippen LogP contribution in [0.4, 0.5) is 0 Å². The SMILES string of the molecule is Cn1ccnc1COCC1CCNCC1. The van der Waals surface area contributed by atoms with Crippen molar-refractivity contribution in [1.82, 2.24) is 14.9 Å². The van der Waals surface area contributed by atoms with E-state index in [1.54, 1.807) is 0 Å². The topological polar surface area (TPSA) is 39.1 Å². The molecule has 0 aliphatic carbocycles. The molecule has 4 heteroatoms. The smallest absolute Gasteiger partial charge is 0.134 e. The number of hydrogen-bond acceptors (Lipinski definition) is 3. The van der Waals surface area contributed by atoms with Crippen LogP contribution >= 0.6 is 0 Å². The van der Waals surface area contributed by atoms with E-state index in [-0.39, 0.29) is 0 Å². The van der Waals surface area contributed by atoms with E-state index in [4.69, 9.17) is 4.74 Å². The van der Waals surface area contributed by atoms with Gasteiger partial charge in [0.05, 0.1) is 6.61 Å². The fourth-order valence-electron chi connectivity index (χ4n) is 1.90. The monoisotopic (exact) mass is 209 g/mol. The Balaban J connectivity index is 1.68. The van der Waals surface area contributed by atoms with Gasteiger partial charge in [0, 0.05) is 19.4 Å². The van der Waals surface area contributed by atoms with E-state index in [1.807, 2.05) is 24.0 Å². The van der Waals surface area contributed by atoms with Crippen LogP contribution in [0.1, 0.15) is 18.7 Å². The highest BCUT2D eigenvalue weighted by molar-refractivity contribution is 4.88. The minimum Gasteiger partial charge on any atom is -0.373 e. The number of imidazole rings is 1. The number of nitrogens with one attached hydrogen (secondary N) is 1. The molecule has 0 saturated carbocycles. The molecule has 0 atom stereocenters. The Bertz CT molecular complexity index is 292. The maximum atomic E-state index is 5.69. The molecule has 84 valence electrons. The van der Waals surface area contributed by atoms with Gasteiger partial charge in [-0.15, -0.1) is 0 Å². The first-order chi connectivity index (χ1) is 7.36. The standard InChI is InChI=1S/C11H19N3O/c1-14-7-6-13-11(14)9-15-8-10-2-4-12-5-3-10/h6-7,10,12H,2-5,8-9H2,1H3. The van der Waals surface area contributed by atoms with Crippen molar-refractivity contribution in [2.45, 2.75) is 19.4 Å². The van der Waals surface area contributed by atoms with Gasteiger partial charge in [-0.05, 0) is 31.8 Å². The summed E-state index contributed by atoms with van der Waals surface area (Å²) in [6, 6.07) is 0. The number of aromatic nitrogens is 2. The lowest BCUT2D eigenvalue weighted by Gasteiger charge is -2.22.